The highest BCUT2D eigenvalue weighted by Gasteiger charge is 2.36. The molecule has 2 fully saturated rings. The highest BCUT2D eigenvalue weighted by Crippen LogP contribution is 2.32. The highest BCUT2D eigenvalue weighted by molar-refractivity contribution is 7.86. The van der Waals surface area contributed by atoms with Crippen LogP contribution in [-0.2, 0) is 10.2 Å². The Bertz CT molecular complexity index is 1230. The van der Waals surface area contributed by atoms with Crippen LogP contribution in [0.2, 0.25) is 0 Å². The van der Waals surface area contributed by atoms with Crippen LogP contribution in [0.5, 0.6) is 5.75 Å². The van der Waals surface area contributed by atoms with Crippen LogP contribution in [0.4, 0.5) is 19.1 Å². The summed E-state index contributed by atoms with van der Waals surface area (Å²) >= 11 is 0. The largest absolute Gasteiger partial charge is 0.487 e. The Kier molecular flexibility index (Phi) is 8.50. The van der Waals surface area contributed by atoms with Crippen molar-refractivity contribution >= 4 is 16.2 Å². The predicted molar refractivity (Wildman–Crippen MR) is 137 cm³/mol. The maximum Gasteiger partial charge on any atom is 0.281 e. The van der Waals surface area contributed by atoms with Crippen molar-refractivity contribution in [3.05, 3.63) is 47.5 Å². The molecule has 13 heteroatoms. The van der Waals surface area contributed by atoms with E-state index in [2.05, 4.69) is 9.97 Å². The van der Waals surface area contributed by atoms with E-state index < -0.39 is 39.6 Å². The zero-order valence-corrected chi connectivity index (χ0v) is 22.8. The third-order valence-electron chi connectivity index (χ3n) is 7.60. The number of halogens is 3. The molecule has 0 radical (unpaired) electrons. The molecule has 38 heavy (non-hydrogen) atoms. The molecule has 9 nitrogen and oxygen atoms in total. The summed E-state index contributed by atoms with van der Waals surface area (Å²) in [6.07, 6.45) is 4.29. The van der Waals surface area contributed by atoms with Crippen LogP contribution in [0.1, 0.15) is 45.1 Å². The molecule has 0 aliphatic carbocycles. The van der Waals surface area contributed by atoms with Crippen LogP contribution in [0.15, 0.2) is 24.5 Å². The second-order valence-electron chi connectivity index (χ2n) is 10.4. The van der Waals surface area contributed by atoms with Gasteiger partial charge in [-0.25, -0.2) is 23.1 Å². The number of hydrogen-bond donors (Lipinski definition) is 1. The third kappa shape index (κ3) is 5.90. The second-order valence-corrected chi connectivity index (χ2v) is 12.3. The molecule has 4 rings (SSSR count). The molecule has 2 aromatic rings. The summed E-state index contributed by atoms with van der Waals surface area (Å²) in [5.41, 5.74) is 6.22. The summed E-state index contributed by atoms with van der Waals surface area (Å²) in [4.78, 5) is 10.5. The molecule has 3 atom stereocenters. The van der Waals surface area contributed by atoms with Crippen molar-refractivity contribution in [1.82, 2.24) is 18.6 Å². The second kappa shape index (κ2) is 11.3. The Hall–Kier alpha value is -2.48. The van der Waals surface area contributed by atoms with Crippen molar-refractivity contribution in [2.75, 3.05) is 38.1 Å². The smallest absolute Gasteiger partial charge is 0.281 e. The molecule has 2 N–H and O–H groups in total. The zero-order chi connectivity index (χ0) is 27.8. The Labute approximate surface area is 222 Å². The van der Waals surface area contributed by atoms with Crippen molar-refractivity contribution in [1.29, 1.82) is 0 Å². The molecule has 0 unspecified atom stereocenters. The standard InChI is InChI=1S/C25H35F3N6O3S/c1-15(2)32(4)38(35,36)34-7-5-17(6-8-34)16(3)37-18-11-30-25(31-12-18)33-13-20(24(29)14-33)19-9-22(27)23(28)10-21(19)26/h9-12,15-17,20,24H,5-8,13-14,29H2,1-4H3/t16-,20+,24-/m0/s1. The molecular formula is C25H35F3N6O3S. The molecule has 1 aromatic heterocycles. The van der Waals surface area contributed by atoms with E-state index >= 15 is 0 Å². The van der Waals surface area contributed by atoms with Crippen LogP contribution < -0.4 is 15.4 Å². The number of aromatic nitrogens is 2. The molecule has 0 spiro atoms. The number of nitrogens with two attached hydrogens (primary N) is 1. The van der Waals surface area contributed by atoms with Gasteiger partial charge in [0.2, 0.25) is 5.95 Å². The van der Waals surface area contributed by atoms with Crippen LogP contribution in [0.25, 0.3) is 0 Å². The van der Waals surface area contributed by atoms with Gasteiger partial charge in [0.25, 0.3) is 10.2 Å². The van der Waals surface area contributed by atoms with Gasteiger partial charge in [0, 0.05) is 57.3 Å². The lowest BCUT2D eigenvalue weighted by molar-refractivity contribution is 0.109. The fraction of sp³-hybridized carbons (Fsp3) is 0.600. The first-order valence-corrected chi connectivity index (χ1v) is 14.1. The van der Waals surface area contributed by atoms with Crippen molar-refractivity contribution in [3.63, 3.8) is 0 Å². The lowest BCUT2D eigenvalue weighted by Gasteiger charge is -2.36. The molecule has 2 aliphatic heterocycles. The fourth-order valence-electron chi connectivity index (χ4n) is 5.01. The molecule has 1 aromatic carbocycles. The van der Waals surface area contributed by atoms with Crippen LogP contribution in [0, 0.1) is 23.4 Å². The Morgan fingerprint density at radius 3 is 2.24 bits per heavy atom. The molecule has 2 saturated heterocycles. The van der Waals surface area contributed by atoms with Gasteiger partial charge < -0.3 is 15.4 Å². The number of anilines is 1. The Morgan fingerprint density at radius 1 is 1.03 bits per heavy atom. The van der Waals surface area contributed by atoms with Crippen molar-refractivity contribution in [3.8, 4) is 5.75 Å². The van der Waals surface area contributed by atoms with Gasteiger partial charge in [0.15, 0.2) is 17.4 Å². The van der Waals surface area contributed by atoms with Gasteiger partial charge >= 0.3 is 0 Å². The van der Waals surface area contributed by atoms with Gasteiger partial charge in [0.1, 0.15) is 5.82 Å². The Balaban J connectivity index is 1.33. The van der Waals surface area contributed by atoms with Crippen molar-refractivity contribution in [2.24, 2.45) is 11.7 Å². The minimum absolute atomic E-state index is 0.0300. The van der Waals surface area contributed by atoms with E-state index in [1.54, 1.807) is 24.3 Å². The van der Waals surface area contributed by atoms with E-state index in [0.29, 0.717) is 50.2 Å². The number of nitrogens with zero attached hydrogens (tertiary/aromatic N) is 5. The number of hydrogen-bond acceptors (Lipinski definition) is 7. The maximum atomic E-state index is 14.3. The third-order valence-corrected chi connectivity index (χ3v) is 9.77. The van der Waals surface area contributed by atoms with Gasteiger partial charge in [-0.3, -0.25) is 0 Å². The van der Waals surface area contributed by atoms with Crippen LogP contribution in [0.3, 0.4) is 0 Å². The fourth-order valence-corrected chi connectivity index (χ4v) is 6.58. The minimum Gasteiger partial charge on any atom is -0.487 e. The first-order valence-electron chi connectivity index (χ1n) is 12.7. The minimum atomic E-state index is -3.48. The van der Waals surface area contributed by atoms with Crippen molar-refractivity contribution < 1.29 is 26.3 Å². The van der Waals surface area contributed by atoms with Crippen molar-refractivity contribution in [2.45, 2.75) is 57.7 Å². The number of rotatable bonds is 8. The summed E-state index contributed by atoms with van der Waals surface area (Å²) in [6.45, 7) is 7.08. The number of ether oxygens (including phenoxy) is 1. The summed E-state index contributed by atoms with van der Waals surface area (Å²) in [7, 11) is -1.88. The van der Waals surface area contributed by atoms with Gasteiger partial charge in [-0.1, -0.05) is 0 Å². The topological polar surface area (TPSA) is 105 Å². The van der Waals surface area contributed by atoms with E-state index in [1.807, 2.05) is 20.8 Å². The first-order chi connectivity index (χ1) is 17.9. The van der Waals surface area contributed by atoms with Gasteiger partial charge in [-0.15, -0.1) is 0 Å². The highest BCUT2D eigenvalue weighted by atomic mass is 32.2. The van der Waals surface area contributed by atoms with E-state index in [4.69, 9.17) is 10.5 Å². The molecule has 210 valence electrons. The summed E-state index contributed by atoms with van der Waals surface area (Å²) < 4.78 is 75.8. The molecule has 0 amide bonds. The normalized spacial score (nSPS) is 22.4. The monoisotopic (exact) mass is 556 g/mol. The van der Waals surface area contributed by atoms with E-state index in [-0.39, 0.29) is 30.2 Å². The van der Waals surface area contributed by atoms with Crippen LogP contribution >= 0.6 is 0 Å². The Morgan fingerprint density at radius 2 is 1.63 bits per heavy atom. The number of benzene rings is 1. The van der Waals surface area contributed by atoms with Gasteiger partial charge in [-0.2, -0.15) is 17.0 Å². The average molecular weight is 557 g/mol. The lowest BCUT2D eigenvalue weighted by Crippen LogP contribution is -2.49. The molecule has 2 aliphatic rings. The van der Waals surface area contributed by atoms with E-state index in [0.717, 1.165) is 6.07 Å². The average Bonchev–Trinajstić information content (AvgIpc) is 3.27. The van der Waals surface area contributed by atoms with Gasteiger partial charge in [0.05, 0.1) is 18.5 Å². The molecule has 0 saturated carbocycles. The van der Waals surface area contributed by atoms with E-state index in [1.165, 1.54) is 8.61 Å². The number of piperidine rings is 1. The lowest BCUT2D eigenvalue weighted by atomic mass is 9.93. The molecule has 3 heterocycles. The molecule has 0 bridgehead atoms. The van der Waals surface area contributed by atoms with Crippen LogP contribution in [-0.4, -0.2) is 78.4 Å². The first kappa shape index (κ1) is 28.5. The maximum absolute atomic E-state index is 14.3. The zero-order valence-electron chi connectivity index (χ0n) is 22.0. The van der Waals surface area contributed by atoms with Gasteiger partial charge in [-0.05, 0) is 51.2 Å². The summed E-state index contributed by atoms with van der Waals surface area (Å²) in [6, 6.07) is 0.776. The van der Waals surface area contributed by atoms with E-state index in [9.17, 15) is 21.6 Å². The summed E-state index contributed by atoms with van der Waals surface area (Å²) in [5, 5.41) is 0. The molecular weight excluding hydrogens is 521 g/mol. The predicted octanol–water partition coefficient (Wildman–Crippen LogP) is 2.89. The SMILES string of the molecule is CC(C)N(C)S(=O)(=O)N1CCC([C@H](C)Oc2cnc(N3C[C@H](c4cc(F)c(F)cc4F)[C@@H](N)C3)nc2)CC1. The summed E-state index contributed by atoms with van der Waals surface area (Å²) in [5.74, 6) is -2.71. The quantitative estimate of drug-likeness (QED) is 0.499.